The van der Waals surface area contributed by atoms with E-state index in [-0.39, 0.29) is 0 Å². The van der Waals surface area contributed by atoms with E-state index in [0.29, 0.717) is 18.8 Å². The number of allylic oxidation sites excluding steroid dienone is 1. The van der Waals surface area contributed by atoms with Crippen LogP contribution in [0.3, 0.4) is 0 Å². The Kier molecular flexibility index (Phi) is 8.37. The second kappa shape index (κ2) is 11.0. The van der Waals surface area contributed by atoms with Gasteiger partial charge in [-0.1, -0.05) is 25.1 Å². The number of carboxylic acid groups (broad SMARTS) is 1. The number of hydroxylamine groups is 1. The van der Waals surface area contributed by atoms with Gasteiger partial charge in [0.05, 0.1) is 19.4 Å². The molecular formula is C22H27NO5. The van der Waals surface area contributed by atoms with Crippen molar-refractivity contribution in [1.82, 2.24) is 5.48 Å². The lowest BCUT2D eigenvalue weighted by Crippen LogP contribution is -2.25. The van der Waals surface area contributed by atoms with E-state index >= 15 is 0 Å². The first kappa shape index (κ1) is 21.3. The van der Waals surface area contributed by atoms with Crippen LogP contribution in [-0.4, -0.2) is 30.9 Å². The molecule has 2 rings (SSSR count). The van der Waals surface area contributed by atoms with Gasteiger partial charge >= 0.3 is 5.97 Å². The summed E-state index contributed by atoms with van der Waals surface area (Å²) in [5.41, 5.74) is 5.88. The molecule has 0 aromatic heterocycles. The number of hydrogen-bond donors (Lipinski definition) is 2. The van der Waals surface area contributed by atoms with E-state index in [9.17, 15) is 4.79 Å². The summed E-state index contributed by atoms with van der Waals surface area (Å²) in [6.45, 7) is 4.21. The number of rotatable bonds is 11. The molecule has 0 aliphatic heterocycles. The maximum absolute atomic E-state index is 11.1. The fraction of sp³-hybridized carbons (Fsp3) is 0.318. The van der Waals surface area contributed by atoms with Gasteiger partial charge in [-0.15, -0.1) is 0 Å². The molecule has 0 saturated carbocycles. The zero-order valence-corrected chi connectivity index (χ0v) is 16.5. The van der Waals surface area contributed by atoms with E-state index in [4.69, 9.17) is 19.4 Å². The van der Waals surface area contributed by atoms with Crippen LogP contribution in [0.5, 0.6) is 11.5 Å². The van der Waals surface area contributed by atoms with E-state index in [1.165, 1.54) is 0 Å². The quantitative estimate of drug-likeness (QED) is 0.449. The Balaban J connectivity index is 1.84. The Morgan fingerprint density at radius 2 is 1.75 bits per heavy atom. The highest BCUT2D eigenvalue weighted by molar-refractivity contribution is 5.72. The maximum Gasteiger partial charge on any atom is 0.344 e. The second-order valence-corrected chi connectivity index (χ2v) is 6.13. The number of aliphatic carboxylic acids is 1. The molecule has 0 bridgehead atoms. The van der Waals surface area contributed by atoms with Crippen LogP contribution in [0.15, 0.2) is 54.6 Å². The van der Waals surface area contributed by atoms with E-state index in [1.807, 2.05) is 49.4 Å². The molecule has 0 saturated heterocycles. The van der Waals surface area contributed by atoms with Crippen LogP contribution in [0.1, 0.15) is 31.4 Å². The molecule has 6 nitrogen and oxygen atoms in total. The van der Waals surface area contributed by atoms with Gasteiger partial charge in [0.15, 0.2) is 6.10 Å². The Labute approximate surface area is 165 Å². The van der Waals surface area contributed by atoms with Crippen LogP contribution in [0.2, 0.25) is 0 Å². The Morgan fingerprint density at radius 1 is 1.11 bits per heavy atom. The van der Waals surface area contributed by atoms with Gasteiger partial charge in [-0.2, -0.15) is 0 Å². The number of benzene rings is 2. The molecule has 150 valence electrons. The van der Waals surface area contributed by atoms with Crippen molar-refractivity contribution in [3.8, 4) is 11.5 Å². The highest BCUT2D eigenvalue weighted by Crippen LogP contribution is 2.19. The van der Waals surface area contributed by atoms with Crippen LogP contribution >= 0.6 is 0 Å². The van der Waals surface area contributed by atoms with Crippen LogP contribution in [0.25, 0.3) is 5.70 Å². The second-order valence-electron chi connectivity index (χ2n) is 6.13. The molecule has 0 amide bonds. The lowest BCUT2D eigenvalue weighted by atomic mass is 10.1. The lowest BCUT2D eigenvalue weighted by molar-refractivity contribution is -0.145. The third-order valence-corrected chi connectivity index (χ3v) is 4.21. The first-order valence-electron chi connectivity index (χ1n) is 9.24. The molecule has 0 heterocycles. The largest absolute Gasteiger partial charge is 0.497 e. The summed E-state index contributed by atoms with van der Waals surface area (Å²) in [7, 11) is 1.65. The first-order chi connectivity index (χ1) is 13.6. The zero-order valence-electron chi connectivity index (χ0n) is 16.5. The third-order valence-electron chi connectivity index (χ3n) is 4.21. The number of ether oxygens (including phenoxy) is 2. The lowest BCUT2D eigenvalue weighted by Gasteiger charge is -2.15. The van der Waals surface area contributed by atoms with E-state index in [2.05, 4.69) is 5.48 Å². The monoisotopic (exact) mass is 385 g/mol. The molecule has 2 aromatic carbocycles. The zero-order chi connectivity index (χ0) is 20.4. The summed E-state index contributed by atoms with van der Waals surface area (Å²) in [6, 6.07) is 15.1. The van der Waals surface area contributed by atoms with Crippen molar-refractivity contribution in [1.29, 1.82) is 0 Å². The summed E-state index contributed by atoms with van der Waals surface area (Å²) >= 11 is 0. The molecule has 0 spiro atoms. The third kappa shape index (κ3) is 6.32. The standard InChI is InChI=1S/C22H27NO5/c1-4-20(23-27-15-14-16-6-10-18(26-3)11-7-16)17-8-12-19(13-9-17)28-21(5-2)22(24)25/h4,6-13,21,23H,5,14-15H2,1-3H3,(H,24,25). The number of carbonyl (C=O) groups is 1. The van der Waals surface area contributed by atoms with Gasteiger partial charge in [-0.3, -0.25) is 10.3 Å². The molecule has 0 fully saturated rings. The molecule has 1 unspecified atom stereocenters. The van der Waals surface area contributed by atoms with E-state index in [0.717, 1.165) is 29.0 Å². The fourth-order valence-electron chi connectivity index (χ4n) is 2.56. The summed E-state index contributed by atoms with van der Waals surface area (Å²) < 4.78 is 10.6. The maximum atomic E-state index is 11.1. The number of hydrogen-bond acceptors (Lipinski definition) is 5. The van der Waals surface area contributed by atoms with Gasteiger partial charge in [-0.25, -0.2) is 4.79 Å². The molecule has 6 heteroatoms. The SMILES string of the molecule is CC=C(NOCCc1ccc(OC)cc1)c1ccc(OC(CC)C(=O)O)cc1. The van der Waals surface area contributed by atoms with Crippen molar-refractivity contribution in [2.45, 2.75) is 32.8 Å². The summed E-state index contributed by atoms with van der Waals surface area (Å²) in [5.74, 6) is 0.390. The molecule has 2 aromatic rings. The van der Waals surface area contributed by atoms with Gasteiger partial charge < -0.3 is 14.6 Å². The fourth-order valence-corrected chi connectivity index (χ4v) is 2.56. The topological polar surface area (TPSA) is 77.0 Å². The summed E-state index contributed by atoms with van der Waals surface area (Å²) in [6.07, 6.45) is 2.25. The van der Waals surface area contributed by atoms with Gasteiger partial charge in [0, 0.05) is 0 Å². The minimum absolute atomic E-state index is 0.404. The van der Waals surface area contributed by atoms with Crippen molar-refractivity contribution in [3.63, 3.8) is 0 Å². The Hall–Kier alpha value is -2.99. The minimum Gasteiger partial charge on any atom is -0.497 e. The highest BCUT2D eigenvalue weighted by atomic mass is 16.6. The van der Waals surface area contributed by atoms with Crippen molar-refractivity contribution in [2.24, 2.45) is 0 Å². The number of nitrogens with one attached hydrogen (secondary N) is 1. The van der Waals surface area contributed by atoms with Gasteiger partial charge in [0.2, 0.25) is 0 Å². The predicted octanol–water partition coefficient (Wildman–Crippen LogP) is 4.06. The van der Waals surface area contributed by atoms with Crippen molar-refractivity contribution < 1.29 is 24.2 Å². The van der Waals surface area contributed by atoms with E-state index < -0.39 is 12.1 Å². The molecule has 28 heavy (non-hydrogen) atoms. The van der Waals surface area contributed by atoms with Crippen molar-refractivity contribution in [3.05, 3.63) is 65.7 Å². The molecule has 0 aliphatic carbocycles. The van der Waals surface area contributed by atoms with Gasteiger partial charge in [-0.05, 0) is 67.3 Å². The van der Waals surface area contributed by atoms with Crippen LogP contribution in [-0.2, 0) is 16.1 Å². The Morgan fingerprint density at radius 3 is 2.29 bits per heavy atom. The first-order valence-corrected chi connectivity index (χ1v) is 9.24. The van der Waals surface area contributed by atoms with Crippen LogP contribution in [0, 0.1) is 0 Å². The molecular weight excluding hydrogens is 358 g/mol. The average molecular weight is 385 g/mol. The Bertz CT molecular complexity index is 769. The number of carboxylic acids is 1. The molecule has 0 radical (unpaired) electrons. The van der Waals surface area contributed by atoms with Crippen LogP contribution in [0.4, 0.5) is 0 Å². The minimum atomic E-state index is -0.965. The van der Waals surface area contributed by atoms with E-state index in [1.54, 1.807) is 26.2 Å². The molecule has 1 atom stereocenters. The predicted molar refractivity (Wildman–Crippen MR) is 108 cm³/mol. The number of methoxy groups -OCH3 is 1. The van der Waals surface area contributed by atoms with Gasteiger partial charge in [0.25, 0.3) is 0 Å². The normalized spacial score (nSPS) is 12.3. The van der Waals surface area contributed by atoms with Crippen LogP contribution < -0.4 is 15.0 Å². The average Bonchev–Trinajstić information content (AvgIpc) is 2.73. The van der Waals surface area contributed by atoms with Crippen molar-refractivity contribution in [2.75, 3.05) is 13.7 Å². The summed E-state index contributed by atoms with van der Waals surface area (Å²) in [5, 5.41) is 9.08. The molecule has 2 N–H and O–H groups in total. The van der Waals surface area contributed by atoms with Gasteiger partial charge in [0.1, 0.15) is 11.5 Å². The van der Waals surface area contributed by atoms with Crippen molar-refractivity contribution >= 4 is 11.7 Å². The smallest absolute Gasteiger partial charge is 0.344 e. The highest BCUT2D eigenvalue weighted by Gasteiger charge is 2.16. The molecule has 0 aliphatic rings. The summed E-state index contributed by atoms with van der Waals surface area (Å²) in [4.78, 5) is 16.7.